The molecule has 0 aromatic rings. The molecule has 0 aromatic carbocycles. The second kappa shape index (κ2) is 76.7. The van der Waals surface area contributed by atoms with Crippen molar-refractivity contribution in [3.63, 3.8) is 0 Å². The van der Waals surface area contributed by atoms with Crippen LogP contribution >= 0.6 is 15.6 Å². The summed E-state index contributed by atoms with van der Waals surface area (Å²) in [6.45, 7) is 14.3. The van der Waals surface area contributed by atoms with E-state index >= 15 is 0 Å². The highest BCUT2D eigenvalue weighted by Gasteiger charge is 2.31. The number of hydrogen-bond donors (Lipinski definition) is 3. The van der Waals surface area contributed by atoms with Crippen molar-refractivity contribution in [3.05, 3.63) is 0 Å². The maximum absolute atomic E-state index is 13.1. The van der Waals surface area contributed by atoms with Gasteiger partial charge in [0.25, 0.3) is 0 Å². The third-order valence-electron chi connectivity index (χ3n) is 20.9. The van der Waals surface area contributed by atoms with Crippen molar-refractivity contribution in [2.75, 3.05) is 39.6 Å². The Kier molecular flexibility index (Phi) is 75.3. The predicted molar refractivity (Wildman–Crippen MR) is 441 cm³/mol. The summed E-state index contributed by atoms with van der Waals surface area (Å²) in [4.78, 5) is 73.2. The quantitative estimate of drug-likeness (QED) is 0.0222. The first kappa shape index (κ1) is 105. The topological polar surface area (TPSA) is 237 Å². The first-order valence-corrected chi connectivity index (χ1v) is 48.2. The fourth-order valence-electron chi connectivity index (χ4n) is 13.6. The van der Waals surface area contributed by atoms with E-state index < -0.39 is 97.5 Å². The Labute approximate surface area is 658 Å². The third-order valence-corrected chi connectivity index (χ3v) is 22.8. The van der Waals surface area contributed by atoms with Crippen LogP contribution in [-0.2, 0) is 65.4 Å². The number of aliphatic hydroxyl groups excluding tert-OH is 1. The molecule has 0 heterocycles. The van der Waals surface area contributed by atoms with Crippen LogP contribution in [0.1, 0.15) is 460 Å². The number of phosphoric acid groups is 2. The number of aliphatic hydroxyl groups is 1. The Morgan fingerprint density at radius 1 is 0.262 bits per heavy atom. The standard InChI is InChI=1S/C88H172O17P2/c1-9-81(8)67-59-51-43-35-29-23-19-15-11-13-17-21-25-31-37-45-54-62-70-87(92)105-84(75-99-86(91)69-61-53-47-39-42-50-58-66-80(6)7)77-103-107(96,97)101-73-82(89)72-100-106(94,95)102-76-83(104-88(93)71-63-55-46-38-32-26-28-34-41-49-57-65-79(4)5)74-98-85(90)68-60-52-44-36-30-24-20-16-12-10-14-18-22-27-33-40-48-56-64-78(2)3/h78-84,89H,9-77H2,1-8H3,(H,94,95)(H,96,97)/t81?,82?,83-,84-/m1/s1. The smallest absolute Gasteiger partial charge is 0.462 e. The summed E-state index contributed by atoms with van der Waals surface area (Å²) in [6, 6.07) is 0. The maximum atomic E-state index is 13.1. The van der Waals surface area contributed by atoms with E-state index in [1.54, 1.807) is 0 Å². The van der Waals surface area contributed by atoms with Crippen molar-refractivity contribution in [1.82, 2.24) is 0 Å². The number of rotatable bonds is 85. The number of esters is 4. The van der Waals surface area contributed by atoms with Gasteiger partial charge in [0.05, 0.1) is 26.4 Å². The lowest BCUT2D eigenvalue weighted by atomic mass is 9.99. The molecule has 636 valence electrons. The van der Waals surface area contributed by atoms with E-state index in [1.807, 2.05) is 0 Å². The second-order valence-electron chi connectivity index (χ2n) is 33.3. The molecule has 0 spiro atoms. The first-order chi connectivity index (χ1) is 51.6. The van der Waals surface area contributed by atoms with Gasteiger partial charge in [-0.3, -0.25) is 37.3 Å². The van der Waals surface area contributed by atoms with E-state index in [0.29, 0.717) is 31.6 Å². The Hall–Kier alpha value is -1.94. The Morgan fingerprint density at radius 2 is 0.449 bits per heavy atom. The Bertz CT molecular complexity index is 2080. The van der Waals surface area contributed by atoms with Gasteiger partial charge in [-0.25, -0.2) is 9.13 Å². The average molecular weight is 1560 g/mol. The molecule has 0 aromatic heterocycles. The summed E-state index contributed by atoms with van der Waals surface area (Å²) in [5, 5.41) is 10.7. The molecule has 17 nitrogen and oxygen atoms in total. The highest BCUT2D eigenvalue weighted by molar-refractivity contribution is 7.47. The Balaban J connectivity index is 5.17. The normalized spacial score (nSPS) is 14.1. The zero-order chi connectivity index (χ0) is 78.8. The van der Waals surface area contributed by atoms with Gasteiger partial charge in [-0.05, 0) is 49.4 Å². The van der Waals surface area contributed by atoms with Crippen molar-refractivity contribution in [3.8, 4) is 0 Å². The average Bonchev–Trinajstić information content (AvgIpc) is 0.906. The largest absolute Gasteiger partial charge is 0.472 e. The lowest BCUT2D eigenvalue weighted by Gasteiger charge is -2.21. The third kappa shape index (κ3) is 80.5. The van der Waals surface area contributed by atoms with Crippen LogP contribution in [0.2, 0.25) is 0 Å². The van der Waals surface area contributed by atoms with E-state index in [0.717, 1.165) is 114 Å². The fourth-order valence-corrected chi connectivity index (χ4v) is 15.2. The van der Waals surface area contributed by atoms with Crippen LogP contribution in [0.15, 0.2) is 0 Å². The summed E-state index contributed by atoms with van der Waals surface area (Å²) in [5.74, 6) is 1.06. The Morgan fingerprint density at radius 3 is 0.664 bits per heavy atom. The van der Waals surface area contributed by atoms with Crippen molar-refractivity contribution >= 4 is 39.5 Å². The lowest BCUT2D eigenvalue weighted by Crippen LogP contribution is -2.30. The molecule has 6 atom stereocenters. The molecule has 0 saturated carbocycles. The second-order valence-corrected chi connectivity index (χ2v) is 36.2. The molecule has 0 rings (SSSR count). The van der Waals surface area contributed by atoms with E-state index in [1.165, 1.54) is 257 Å². The first-order valence-electron chi connectivity index (χ1n) is 45.2. The molecule has 0 saturated heterocycles. The number of ether oxygens (including phenoxy) is 4. The number of carbonyl (C=O) groups is 4. The van der Waals surface area contributed by atoms with Crippen LogP contribution in [0.5, 0.6) is 0 Å². The van der Waals surface area contributed by atoms with E-state index in [9.17, 15) is 43.2 Å². The monoisotopic (exact) mass is 1560 g/mol. The van der Waals surface area contributed by atoms with Crippen molar-refractivity contribution in [2.45, 2.75) is 478 Å². The summed E-state index contributed by atoms with van der Waals surface area (Å²) < 4.78 is 68.9. The number of unbranched alkanes of at least 4 members (excludes halogenated alkanes) is 50. The molecule has 19 heteroatoms. The van der Waals surface area contributed by atoms with Crippen molar-refractivity contribution in [2.24, 2.45) is 23.7 Å². The number of phosphoric ester groups is 2. The van der Waals surface area contributed by atoms with Crippen molar-refractivity contribution < 1.29 is 80.2 Å². The van der Waals surface area contributed by atoms with Crippen molar-refractivity contribution in [1.29, 1.82) is 0 Å². The van der Waals surface area contributed by atoms with Gasteiger partial charge in [0, 0.05) is 25.7 Å². The zero-order valence-corrected chi connectivity index (χ0v) is 72.6. The van der Waals surface area contributed by atoms with Crippen LogP contribution in [0.25, 0.3) is 0 Å². The molecule has 0 aliphatic rings. The summed E-state index contributed by atoms with van der Waals surface area (Å²) >= 11 is 0. The molecule has 0 fully saturated rings. The van der Waals surface area contributed by atoms with Gasteiger partial charge in [-0.1, -0.05) is 409 Å². The molecule has 107 heavy (non-hydrogen) atoms. The minimum Gasteiger partial charge on any atom is -0.462 e. The minimum atomic E-state index is -4.97. The highest BCUT2D eigenvalue weighted by atomic mass is 31.2. The van der Waals surface area contributed by atoms with Crippen LogP contribution in [0, 0.1) is 23.7 Å². The number of carbonyl (C=O) groups excluding carboxylic acids is 4. The van der Waals surface area contributed by atoms with Gasteiger partial charge in [-0.15, -0.1) is 0 Å². The summed E-state index contributed by atoms with van der Waals surface area (Å²) in [5.41, 5.74) is 0. The minimum absolute atomic E-state index is 0.107. The van der Waals surface area contributed by atoms with Crippen LogP contribution in [0.3, 0.4) is 0 Å². The molecule has 0 aliphatic carbocycles. The van der Waals surface area contributed by atoms with E-state index in [4.69, 9.17) is 37.0 Å². The molecule has 4 unspecified atom stereocenters. The zero-order valence-electron chi connectivity index (χ0n) is 70.8. The predicted octanol–water partition coefficient (Wildman–Crippen LogP) is 26.7. The number of hydrogen-bond acceptors (Lipinski definition) is 15. The van der Waals surface area contributed by atoms with Gasteiger partial charge >= 0.3 is 39.5 Å². The maximum Gasteiger partial charge on any atom is 0.472 e. The van der Waals surface area contributed by atoms with Gasteiger partial charge in [0.1, 0.15) is 19.3 Å². The molecule has 0 amide bonds. The fraction of sp³-hybridized carbons (Fsp3) is 0.955. The molecular weight excluding hydrogens is 1390 g/mol. The molecule has 3 N–H and O–H groups in total. The summed E-state index contributed by atoms with van der Waals surface area (Å²) in [6.07, 6.45) is 66.8. The molecule has 0 aliphatic heterocycles. The van der Waals surface area contributed by atoms with Gasteiger partial charge in [0.15, 0.2) is 12.2 Å². The van der Waals surface area contributed by atoms with Gasteiger partial charge in [-0.2, -0.15) is 0 Å². The molecular formula is C88H172O17P2. The SMILES string of the molecule is CCC(C)CCCCCCCCCCCCCCCCCCCCC(=O)O[C@H](COC(=O)CCCCCCCCCC(C)C)COP(=O)(O)OCC(O)COP(=O)(O)OC[C@@H](COC(=O)CCCCCCCCCCCCCCCCCCCCC(C)C)OC(=O)CCCCCCCCCCCCCC(C)C. The van der Waals surface area contributed by atoms with Gasteiger partial charge in [0.2, 0.25) is 0 Å². The van der Waals surface area contributed by atoms with Gasteiger partial charge < -0.3 is 33.8 Å². The van der Waals surface area contributed by atoms with E-state index in [-0.39, 0.29) is 25.7 Å². The van der Waals surface area contributed by atoms with Crippen LogP contribution in [0.4, 0.5) is 0 Å². The molecule has 0 radical (unpaired) electrons. The lowest BCUT2D eigenvalue weighted by molar-refractivity contribution is -0.161. The van der Waals surface area contributed by atoms with E-state index in [2.05, 4.69) is 55.4 Å². The van der Waals surface area contributed by atoms with Crippen LogP contribution in [-0.4, -0.2) is 96.7 Å². The summed E-state index contributed by atoms with van der Waals surface area (Å²) in [7, 11) is -9.93. The molecule has 0 bridgehead atoms. The highest BCUT2D eigenvalue weighted by Crippen LogP contribution is 2.45. The van der Waals surface area contributed by atoms with Crippen LogP contribution < -0.4 is 0 Å².